The lowest BCUT2D eigenvalue weighted by atomic mass is 10.0. The first-order chi connectivity index (χ1) is 27.6. The monoisotopic (exact) mass is 830 g/mol. The van der Waals surface area contributed by atoms with Crippen LogP contribution in [-0.4, -0.2) is 59.9 Å². The molecule has 4 N–H and O–H groups in total. The number of allylic oxidation sites excluding steroid dienone is 4. The van der Waals surface area contributed by atoms with Crippen LogP contribution < -0.4 is 5.73 Å². The molecule has 0 aromatic heterocycles. The van der Waals surface area contributed by atoms with Gasteiger partial charge in [-0.2, -0.15) is 0 Å². The molecular formula is C45H84NO10P. The van der Waals surface area contributed by atoms with Crippen molar-refractivity contribution < 1.29 is 47.5 Å². The minimum Gasteiger partial charge on any atom is -0.480 e. The molecule has 11 nitrogen and oxygen atoms in total. The van der Waals surface area contributed by atoms with Crippen LogP contribution in [-0.2, 0) is 37.5 Å². The Hall–Kier alpha value is -2.04. The summed E-state index contributed by atoms with van der Waals surface area (Å²) in [4.78, 5) is 46.0. The lowest BCUT2D eigenvalue weighted by molar-refractivity contribution is -0.161. The Morgan fingerprint density at radius 2 is 0.930 bits per heavy atom. The predicted molar refractivity (Wildman–Crippen MR) is 231 cm³/mol. The van der Waals surface area contributed by atoms with Gasteiger partial charge in [-0.25, -0.2) is 4.57 Å². The van der Waals surface area contributed by atoms with Crippen LogP contribution in [0.5, 0.6) is 0 Å². The quantitative estimate of drug-likeness (QED) is 0.0231. The molecular weight excluding hydrogens is 745 g/mol. The van der Waals surface area contributed by atoms with Crippen LogP contribution in [0.3, 0.4) is 0 Å². The minimum absolute atomic E-state index is 0.148. The fourth-order valence-electron chi connectivity index (χ4n) is 6.33. The van der Waals surface area contributed by atoms with E-state index >= 15 is 0 Å². The standard InChI is InChI=1S/C45H84NO10P/c1-3-5-7-9-11-13-15-17-19-20-21-23-24-26-28-30-32-34-36-43(47)53-38-41(39-54-57(51,52)55-40-42(46)45(49)50)56-44(48)37-35-33-31-29-27-25-22-18-16-14-12-10-8-6-4-2/h12,14,18,22,41-42H,3-11,13,15-17,19-21,23-40,46H2,1-2H3,(H,49,50)(H,51,52)/b14-12-,22-18-. The highest BCUT2D eigenvalue weighted by Crippen LogP contribution is 2.43. The second-order valence-corrected chi connectivity index (χ2v) is 17.0. The molecule has 12 heteroatoms. The molecule has 0 aliphatic rings. The third-order valence-corrected chi connectivity index (χ3v) is 10.9. The Kier molecular flexibility index (Phi) is 39.3. The van der Waals surface area contributed by atoms with Gasteiger partial charge in [0.2, 0.25) is 0 Å². The lowest BCUT2D eigenvalue weighted by Gasteiger charge is -2.20. The van der Waals surface area contributed by atoms with Crippen LogP contribution in [0.4, 0.5) is 0 Å². The first kappa shape index (κ1) is 55.0. The molecule has 3 unspecified atom stereocenters. The average molecular weight is 830 g/mol. The number of carboxylic acids is 1. The molecule has 0 heterocycles. The number of rotatable bonds is 43. The van der Waals surface area contributed by atoms with E-state index in [1.165, 1.54) is 109 Å². The number of carboxylic acid groups (broad SMARTS) is 1. The number of unbranched alkanes of at least 4 members (excludes halogenated alkanes) is 25. The van der Waals surface area contributed by atoms with E-state index in [1.807, 2.05) is 0 Å². The van der Waals surface area contributed by atoms with E-state index in [0.29, 0.717) is 12.8 Å². The number of phosphoric ester groups is 1. The predicted octanol–water partition coefficient (Wildman–Crippen LogP) is 12.2. The summed E-state index contributed by atoms with van der Waals surface area (Å²) in [7, 11) is -4.72. The number of esters is 2. The van der Waals surface area contributed by atoms with Gasteiger partial charge in [0.05, 0.1) is 13.2 Å². The fourth-order valence-corrected chi connectivity index (χ4v) is 7.11. The zero-order valence-corrected chi connectivity index (χ0v) is 37.1. The SMILES string of the molecule is CCCCC/C=C\C/C=C\CCCCCCCC(=O)OC(COC(=O)CCCCCCCCCCCCCCCCCCCC)COP(=O)(O)OCC(N)C(=O)O. The average Bonchev–Trinajstić information content (AvgIpc) is 3.19. The van der Waals surface area contributed by atoms with Crippen molar-refractivity contribution in [1.29, 1.82) is 0 Å². The second kappa shape index (κ2) is 40.7. The van der Waals surface area contributed by atoms with Crippen LogP contribution in [0, 0.1) is 0 Å². The van der Waals surface area contributed by atoms with Gasteiger partial charge in [-0.05, 0) is 44.9 Å². The van der Waals surface area contributed by atoms with Gasteiger partial charge in [0.25, 0.3) is 0 Å². The molecule has 0 bridgehead atoms. The van der Waals surface area contributed by atoms with E-state index in [2.05, 4.69) is 42.7 Å². The Morgan fingerprint density at radius 1 is 0.544 bits per heavy atom. The minimum atomic E-state index is -4.72. The first-order valence-electron chi connectivity index (χ1n) is 22.9. The normalized spacial score (nSPS) is 13.9. The Balaban J connectivity index is 4.31. The van der Waals surface area contributed by atoms with Crippen molar-refractivity contribution >= 4 is 25.7 Å². The van der Waals surface area contributed by atoms with Crippen molar-refractivity contribution in [3.63, 3.8) is 0 Å². The number of carbonyl (C=O) groups is 3. The number of hydrogen-bond acceptors (Lipinski definition) is 9. The van der Waals surface area contributed by atoms with Gasteiger partial charge in [-0.1, -0.05) is 179 Å². The maximum atomic E-state index is 12.6. The fraction of sp³-hybridized carbons (Fsp3) is 0.844. The highest BCUT2D eigenvalue weighted by Gasteiger charge is 2.28. The molecule has 0 spiro atoms. The van der Waals surface area contributed by atoms with Crippen molar-refractivity contribution in [3.05, 3.63) is 24.3 Å². The Morgan fingerprint density at radius 3 is 1.40 bits per heavy atom. The summed E-state index contributed by atoms with van der Waals surface area (Å²) >= 11 is 0. The van der Waals surface area contributed by atoms with Crippen LogP contribution in [0.25, 0.3) is 0 Å². The van der Waals surface area contributed by atoms with Crippen molar-refractivity contribution in [2.24, 2.45) is 5.73 Å². The van der Waals surface area contributed by atoms with Crippen molar-refractivity contribution in [1.82, 2.24) is 0 Å². The van der Waals surface area contributed by atoms with E-state index in [4.69, 9.17) is 24.8 Å². The highest BCUT2D eigenvalue weighted by molar-refractivity contribution is 7.47. The maximum Gasteiger partial charge on any atom is 0.472 e. The summed E-state index contributed by atoms with van der Waals surface area (Å²) in [6.07, 6.45) is 42.4. The largest absolute Gasteiger partial charge is 0.480 e. The number of ether oxygens (including phenoxy) is 2. The van der Waals surface area contributed by atoms with Gasteiger partial charge in [0, 0.05) is 12.8 Å². The zero-order chi connectivity index (χ0) is 42.1. The summed E-state index contributed by atoms with van der Waals surface area (Å²) in [5.41, 5.74) is 5.34. The smallest absolute Gasteiger partial charge is 0.472 e. The number of aliphatic carboxylic acids is 1. The van der Waals surface area contributed by atoms with E-state index in [1.54, 1.807) is 0 Å². The van der Waals surface area contributed by atoms with Gasteiger partial charge in [-0.15, -0.1) is 0 Å². The highest BCUT2D eigenvalue weighted by atomic mass is 31.2. The Bertz CT molecular complexity index is 1070. The molecule has 0 aliphatic carbocycles. The second-order valence-electron chi connectivity index (χ2n) is 15.5. The van der Waals surface area contributed by atoms with Gasteiger partial charge < -0.3 is 25.2 Å². The summed E-state index contributed by atoms with van der Waals surface area (Å²) in [5.74, 6) is -2.38. The third-order valence-electron chi connectivity index (χ3n) is 9.95. The molecule has 0 fully saturated rings. The summed E-state index contributed by atoms with van der Waals surface area (Å²) in [6, 6.07) is -1.52. The Labute approximate surface area is 347 Å². The molecule has 0 radical (unpaired) electrons. The molecule has 0 rings (SSSR count). The molecule has 0 aromatic carbocycles. The van der Waals surface area contributed by atoms with Crippen LogP contribution >= 0.6 is 7.82 Å². The topological polar surface area (TPSA) is 172 Å². The van der Waals surface area contributed by atoms with Crippen LogP contribution in [0.2, 0.25) is 0 Å². The summed E-state index contributed by atoms with van der Waals surface area (Å²) in [5, 5.41) is 8.89. The summed E-state index contributed by atoms with van der Waals surface area (Å²) in [6.45, 7) is 2.79. The van der Waals surface area contributed by atoms with Crippen molar-refractivity contribution in [3.8, 4) is 0 Å². The number of phosphoric acid groups is 1. The third kappa shape index (κ3) is 40.5. The molecule has 0 saturated carbocycles. The zero-order valence-electron chi connectivity index (χ0n) is 36.2. The van der Waals surface area contributed by atoms with E-state index in [-0.39, 0.29) is 19.4 Å². The van der Waals surface area contributed by atoms with Gasteiger partial charge in [0.1, 0.15) is 12.6 Å². The van der Waals surface area contributed by atoms with Crippen molar-refractivity contribution in [2.75, 3.05) is 19.8 Å². The van der Waals surface area contributed by atoms with Crippen LogP contribution in [0.15, 0.2) is 24.3 Å². The first-order valence-corrected chi connectivity index (χ1v) is 24.4. The van der Waals surface area contributed by atoms with Gasteiger partial charge in [0.15, 0.2) is 6.10 Å². The molecule has 0 aromatic rings. The van der Waals surface area contributed by atoms with Crippen molar-refractivity contribution in [2.45, 2.75) is 225 Å². The molecule has 0 amide bonds. The van der Waals surface area contributed by atoms with Gasteiger partial charge >= 0.3 is 25.7 Å². The van der Waals surface area contributed by atoms with Crippen LogP contribution in [0.1, 0.15) is 213 Å². The molecule has 0 saturated heterocycles. The van der Waals surface area contributed by atoms with E-state index < -0.39 is 51.1 Å². The molecule has 334 valence electrons. The molecule has 3 atom stereocenters. The maximum absolute atomic E-state index is 12.6. The molecule has 0 aliphatic heterocycles. The number of carbonyl (C=O) groups excluding carboxylic acids is 2. The van der Waals surface area contributed by atoms with Gasteiger partial charge in [-0.3, -0.25) is 23.4 Å². The molecule has 57 heavy (non-hydrogen) atoms. The number of hydrogen-bond donors (Lipinski definition) is 3. The van der Waals surface area contributed by atoms with E-state index in [0.717, 1.165) is 64.2 Å². The van der Waals surface area contributed by atoms with E-state index in [9.17, 15) is 23.8 Å². The lowest BCUT2D eigenvalue weighted by Crippen LogP contribution is -2.34. The summed E-state index contributed by atoms with van der Waals surface area (Å²) < 4.78 is 32.7. The number of nitrogens with two attached hydrogens (primary N) is 1.